The quantitative estimate of drug-likeness (QED) is 0.689. The molecule has 0 aliphatic rings. The molecule has 2 aromatic heterocycles. The maximum atomic E-state index is 5.98. The molecule has 112 valence electrons. The van der Waals surface area contributed by atoms with E-state index in [2.05, 4.69) is 21.4 Å². The first-order valence-corrected chi connectivity index (χ1v) is 8.32. The van der Waals surface area contributed by atoms with Gasteiger partial charge in [-0.05, 0) is 42.8 Å². The van der Waals surface area contributed by atoms with E-state index in [1.165, 1.54) is 5.56 Å². The Morgan fingerprint density at radius 3 is 2.86 bits per heavy atom. The summed E-state index contributed by atoms with van der Waals surface area (Å²) in [5.41, 5.74) is 2.22. The number of benzene rings is 1. The summed E-state index contributed by atoms with van der Waals surface area (Å²) in [6.45, 7) is 1.68. The second-order valence-electron chi connectivity index (χ2n) is 4.89. The van der Waals surface area contributed by atoms with Crippen molar-refractivity contribution in [3.63, 3.8) is 0 Å². The summed E-state index contributed by atoms with van der Waals surface area (Å²) < 4.78 is 0. The third-order valence-electron chi connectivity index (χ3n) is 3.23. The van der Waals surface area contributed by atoms with Gasteiger partial charge in [-0.3, -0.25) is 4.98 Å². The molecule has 3 rings (SSSR count). The van der Waals surface area contributed by atoms with Gasteiger partial charge in [0.05, 0.1) is 10.6 Å². The third kappa shape index (κ3) is 4.13. The van der Waals surface area contributed by atoms with Gasteiger partial charge in [0, 0.05) is 24.0 Å². The maximum absolute atomic E-state index is 5.98. The fraction of sp³-hybridized carbons (Fsp3) is 0.176. The predicted molar refractivity (Wildman–Crippen MR) is 92.2 cm³/mol. The van der Waals surface area contributed by atoms with Gasteiger partial charge in [-0.1, -0.05) is 29.8 Å². The van der Waals surface area contributed by atoms with Gasteiger partial charge in [-0.2, -0.15) is 0 Å². The molecule has 0 aliphatic carbocycles. The molecule has 1 aromatic carbocycles. The van der Waals surface area contributed by atoms with Crippen molar-refractivity contribution in [2.45, 2.75) is 13.0 Å². The van der Waals surface area contributed by atoms with E-state index in [9.17, 15) is 0 Å². The molecule has 5 heteroatoms. The molecule has 0 unspecified atom stereocenters. The van der Waals surface area contributed by atoms with Crippen LogP contribution in [0.25, 0.3) is 10.6 Å². The van der Waals surface area contributed by atoms with Gasteiger partial charge in [0.15, 0.2) is 0 Å². The van der Waals surface area contributed by atoms with Gasteiger partial charge < -0.3 is 5.32 Å². The number of halogens is 1. The van der Waals surface area contributed by atoms with Crippen molar-refractivity contribution < 1.29 is 0 Å². The predicted octanol–water partition coefficient (Wildman–Crippen LogP) is 4.19. The van der Waals surface area contributed by atoms with Crippen LogP contribution in [0.15, 0.2) is 54.9 Å². The van der Waals surface area contributed by atoms with E-state index in [-0.39, 0.29) is 0 Å². The van der Waals surface area contributed by atoms with E-state index in [1.807, 2.05) is 42.6 Å². The van der Waals surface area contributed by atoms with Crippen LogP contribution in [0.1, 0.15) is 10.6 Å². The summed E-state index contributed by atoms with van der Waals surface area (Å²) in [4.78, 5) is 9.89. The van der Waals surface area contributed by atoms with E-state index in [4.69, 9.17) is 11.6 Å². The van der Waals surface area contributed by atoms with Gasteiger partial charge >= 0.3 is 0 Å². The van der Waals surface area contributed by atoms with Crippen LogP contribution >= 0.6 is 22.9 Å². The van der Waals surface area contributed by atoms with Gasteiger partial charge in [-0.15, -0.1) is 11.3 Å². The lowest BCUT2D eigenvalue weighted by Gasteiger charge is -2.03. The van der Waals surface area contributed by atoms with E-state index < -0.39 is 0 Å². The van der Waals surface area contributed by atoms with Crippen molar-refractivity contribution in [2.75, 3.05) is 6.54 Å². The van der Waals surface area contributed by atoms with Crippen molar-refractivity contribution >= 4 is 22.9 Å². The van der Waals surface area contributed by atoms with E-state index in [0.717, 1.165) is 40.1 Å². The number of rotatable bonds is 6. The number of hydrogen-bond acceptors (Lipinski definition) is 4. The van der Waals surface area contributed by atoms with E-state index in [1.54, 1.807) is 17.5 Å². The minimum absolute atomic E-state index is 0.776. The lowest BCUT2D eigenvalue weighted by molar-refractivity contribution is 0.684. The monoisotopic (exact) mass is 329 g/mol. The van der Waals surface area contributed by atoms with Crippen LogP contribution in [0.3, 0.4) is 0 Å². The first kappa shape index (κ1) is 15.2. The third-order valence-corrected chi connectivity index (χ3v) is 4.48. The van der Waals surface area contributed by atoms with Crippen molar-refractivity contribution in [3.05, 3.63) is 70.5 Å². The second kappa shape index (κ2) is 7.49. The minimum Gasteiger partial charge on any atom is -0.310 e. The highest BCUT2D eigenvalue weighted by Crippen LogP contribution is 2.23. The number of nitrogens with zero attached hydrogens (tertiary/aromatic N) is 2. The van der Waals surface area contributed by atoms with Crippen LogP contribution in [0, 0.1) is 0 Å². The molecule has 0 atom stereocenters. The fourth-order valence-corrected chi connectivity index (χ4v) is 3.22. The molecule has 2 heterocycles. The first-order chi connectivity index (χ1) is 10.8. The van der Waals surface area contributed by atoms with Crippen LogP contribution < -0.4 is 5.32 Å². The summed E-state index contributed by atoms with van der Waals surface area (Å²) in [6, 6.07) is 13.9. The van der Waals surface area contributed by atoms with Crippen molar-refractivity contribution in [1.82, 2.24) is 15.3 Å². The number of hydrogen-bond donors (Lipinski definition) is 1. The van der Waals surface area contributed by atoms with Crippen LogP contribution in [-0.4, -0.2) is 16.5 Å². The number of aromatic nitrogens is 2. The summed E-state index contributed by atoms with van der Waals surface area (Å²) in [5, 5.41) is 5.28. The zero-order valence-electron chi connectivity index (χ0n) is 12.0. The average molecular weight is 330 g/mol. The molecule has 22 heavy (non-hydrogen) atoms. The smallest absolute Gasteiger partial charge is 0.107 e. The van der Waals surface area contributed by atoms with Gasteiger partial charge in [0.25, 0.3) is 0 Å². The highest BCUT2D eigenvalue weighted by atomic mass is 35.5. The van der Waals surface area contributed by atoms with Gasteiger partial charge in [-0.25, -0.2) is 4.98 Å². The second-order valence-corrected chi connectivity index (χ2v) is 6.44. The number of nitrogens with one attached hydrogen (secondary N) is 1. The Kier molecular flexibility index (Phi) is 5.16. The Labute approximate surface area is 139 Å². The Morgan fingerprint density at radius 1 is 1.09 bits per heavy atom. The number of pyridine rings is 1. The Hall–Kier alpha value is -1.75. The molecule has 3 aromatic rings. The Balaban J connectivity index is 1.49. The summed E-state index contributed by atoms with van der Waals surface area (Å²) in [6.07, 6.45) is 4.65. The molecular weight excluding hydrogens is 314 g/mol. The maximum Gasteiger partial charge on any atom is 0.107 e. The number of thiazole rings is 1. The first-order valence-electron chi connectivity index (χ1n) is 7.12. The molecule has 0 saturated heterocycles. The summed E-state index contributed by atoms with van der Waals surface area (Å²) >= 11 is 7.66. The molecule has 0 aliphatic heterocycles. The SMILES string of the molecule is Clc1cccc(CCNCc2ncc(-c3ccccn3)s2)c1. The van der Waals surface area contributed by atoms with Gasteiger partial charge in [0.2, 0.25) is 0 Å². The molecule has 0 bridgehead atoms. The summed E-state index contributed by atoms with van der Waals surface area (Å²) in [5.74, 6) is 0. The molecule has 0 spiro atoms. The topological polar surface area (TPSA) is 37.8 Å². The zero-order valence-corrected chi connectivity index (χ0v) is 13.6. The fourth-order valence-electron chi connectivity index (χ4n) is 2.14. The molecule has 1 N–H and O–H groups in total. The molecule has 0 radical (unpaired) electrons. The lowest BCUT2D eigenvalue weighted by Crippen LogP contribution is -2.16. The largest absolute Gasteiger partial charge is 0.310 e. The van der Waals surface area contributed by atoms with Crippen molar-refractivity contribution in [3.8, 4) is 10.6 Å². The van der Waals surface area contributed by atoms with E-state index in [0.29, 0.717) is 0 Å². The van der Waals surface area contributed by atoms with Crippen molar-refractivity contribution in [1.29, 1.82) is 0 Å². The summed E-state index contributed by atoms with van der Waals surface area (Å²) in [7, 11) is 0. The van der Waals surface area contributed by atoms with Gasteiger partial charge in [0.1, 0.15) is 5.01 Å². The molecule has 0 saturated carbocycles. The van der Waals surface area contributed by atoms with Crippen LogP contribution in [-0.2, 0) is 13.0 Å². The Bertz CT molecular complexity index is 728. The lowest BCUT2D eigenvalue weighted by atomic mass is 10.1. The van der Waals surface area contributed by atoms with Crippen LogP contribution in [0.2, 0.25) is 5.02 Å². The van der Waals surface area contributed by atoms with Crippen molar-refractivity contribution in [2.24, 2.45) is 0 Å². The molecule has 3 nitrogen and oxygen atoms in total. The molecule has 0 amide bonds. The van der Waals surface area contributed by atoms with Crippen LogP contribution in [0.4, 0.5) is 0 Å². The average Bonchev–Trinajstić information content (AvgIpc) is 3.01. The standard InChI is InChI=1S/C17H16ClN3S/c18-14-5-3-4-13(10-14)7-9-19-12-17-21-11-16(22-17)15-6-1-2-8-20-15/h1-6,8,10-11,19H,7,9,12H2. The minimum atomic E-state index is 0.776. The Morgan fingerprint density at radius 2 is 2.05 bits per heavy atom. The van der Waals surface area contributed by atoms with E-state index >= 15 is 0 Å². The highest BCUT2D eigenvalue weighted by molar-refractivity contribution is 7.15. The zero-order chi connectivity index (χ0) is 15.2. The molecule has 0 fully saturated rings. The highest BCUT2D eigenvalue weighted by Gasteiger charge is 2.04. The molecular formula is C17H16ClN3S. The normalized spacial score (nSPS) is 10.8. The van der Waals surface area contributed by atoms with Crippen LogP contribution in [0.5, 0.6) is 0 Å².